The molecule has 1 saturated heterocycles. The average Bonchev–Trinajstić information content (AvgIpc) is 3.36. The molecule has 7 nitrogen and oxygen atoms in total. The molecule has 0 amide bonds. The van der Waals surface area contributed by atoms with E-state index in [2.05, 4.69) is 29.3 Å². The molecule has 1 aromatic heterocycles. The van der Waals surface area contributed by atoms with E-state index in [1.165, 1.54) is 24.9 Å². The van der Waals surface area contributed by atoms with Crippen molar-refractivity contribution in [3.8, 4) is 5.75 Å². The van der Waals surface area contributed by atoms with Gasteiger partial charge in [0.1, 0.15) is 18.5 Å². The molecule has 0 aliphatic carbocycles. The van der Waals surface area contributed by atoms with Crippen molar-refractivity contribution >= 4 is 11.0 Å². The van der Waals surface area contributed by atoms with Crippen LogP contribution in [-0.4, -0.2) is 51.4 Å². The van der Waals surface area contributed by atoms with Crippen molar-refractivity contribution < 1.29 is 9.84 Å². The fourth-order valence-corrected chi connectivity index (χ4v) is 4.63. The number of likely N-dealkylation sites (N-methyl/N-ethyl adjacent to an activating group) is 1. The Morgan fingerprint density at radius 1 is 1.12 bits per heavy atom. The maximum Gasteiger partial charge on any atom is 0.328 e. The lowest BCUT2D eigenvalue weighted by atomic mass is 10.1. The Balaban J connectivity index is 1.29. The molecule has 0 radical (unpaired) electrons. The second-order valence-corrected chi connectivity index (χ2v) is 8.68. The number of hydrogen-bond donors (Lipinski definition) is 2. The summed E-state index contributed by atoms with van der Waals surface area (Å²) in [6.07, 6.45) is 1.81. The number of aromatic nitrogens is 2. The smallest absolute Gasteiger partial charge is 0.328 e. The van der Waals surface area contributed by atoms with E-state index >= 15 is 0 Å². The van der Waals surface area contributed by atoms with Crippen LogP contribution in [0.4, 0.5) is 0 Å². The number of nitrogens with zero attached hydrogens (tertiary/aromatic N) is 3. The summed E-state index contributed by atoms with van der Waals surface area (Å²) >= 11 is 0. The van der Waals surface area contributed by atoms with E-state index in [-0.39, 0.29) is 12.3 Å². The molecule has 0 spiro atoms. The predicted molar refractivity (Wildman–Crippen MR) is 127 cm³/mol. The molecule has 1 aliphatic rings. The first-order valence-corrected chi connectivity index (χ1v) is 11.5. The summed E-state index contributed by atoms with van der Waals surface area (Å²) in [5.41, 5.74) is 3.50. The third-order valence-electron chi connectivity index (χ3n) is 6.63. The molecule has 2 atom stereocenters. The third kappa shape index (κ3) is 4.75. The molecule has 0 unspecified atom stereocenters. The number of imidazole rings is 1. The van der Waals surface area contributed by atoms with Crippen LogP contribution in [0, 0.1) is 0 Å². The summed E-state index contributed by atoms with van der Waals surface area (Å²) in [5.74, 6) is 0.731. The molecular formula is C25H34N4O3. The van der Waals surface area contributed by atoms with Crippen LogP contribution in [0.2, 0.25) is 0 Å². The van der Waals surface area contributed by atoms with Crippen molar-refractivity contribution in [1.29, 1.82) is 0 Å². The summed E-state index contributed by atoms with van der Waals surface area (Å²) in [7, 11) is 3.49. The van der Waals surface area contributed by atoms with Crippen LogP contribution in [-0.2, 0) is 20.6 Å². The summed E-state index contributed by atoms with van der Waals surface area (Å²) in [5, 5.41) is 14.2. The van der Waals surface area contributed by atoms with Crippen LogP contribution in [0.3, 0.4) is 0 Å². The van der Waals surface area contributed by atoms with Crippen molar-refractivity contribution in [2.45, 2.75) is 38.5 Å². The van der Waals surface area contributed by atoms with Gasteiger partial charge in [0.05, 0.1) is 11.0 Å². The largest absolute Gasteiger partial charge is 0.491 e. The second kappa shape index (κ2) is 9.90. The van der Waals surface area contributed by atoms with Gasteiger partial charge in [-0.15, -0.1) is 0 Å². The number of ether oxygens (including phenoxy) is 1. The molecular weight excluding hydrogens is 404 g/mol. The molecule has 172 valence electrons. The fraction of sp³-hybridized carbons (Fsp3) is 0.480. The zero-order valence-corrected chi connectivity index (χ0v) is 19.3. The van der Waals surface area contributed by atoms with E-state index < -0.39 is 6.10 Å². The molecule has 2 aromatic carbocycles. The summed E-state index contributed by atoms with van der Waals surface area (Å²) < 4.78 is 9.00. The molecule has 0 bridgehead atoms. The van der Waals surface area contributed by atoms with Crippen molar-refractivity contribution in [3.63, 3.8) is 0 Å². The lowest BCUT2D eigenvalue weighted by Gasteiger charge is -2.23. The topological polar surface area (TPSA) is 71.7 Å². The van der Waals surface area contributed by atoms with Gasteiger partial charge in [0.15, 0.2) is 0 Å². The molecule has 7 heteroatoms. The average molecular weight is 439 g/mol. The molecule has 0 saturated carbocycles. The number of nitrogens with one attached hydrogen (secondary N) is 1. The number of aryl methyl sites for hydroxylation is 2. The number of aliphatic hydroxyl groups excluding tert-OH is 1. The molecule has 32 heavy (non-hydrogen) atoms. The van der Waals surface area contributed by atoms with Gasteiger partial charge >= 0.3 is 5.69 Å². The summed E-state index contributed by atoms with van der Waals surface area (Å²) in [4.78, 5) is 14.6. The normalized spacial score (nSPS) is 17.8. The SMILES string of the molecule is CCN1CCC[C@@H]1CNCc1ccc(OC[C@H](O)c2ccc3c(c2)n(C)c(=O)n3C)cc1. The van der Waals surface area contributed by atoms with Gasteiger partial charge in [-0.2, -0.15) is 0 Å². The molecule has 1 fully saturated rings. The second-order valence-electron chi connectivity index (χ2n) is 8.68. The lowest BCUT2D eigenvalue weighted by molar-refractivity contribution is 0.108. The molecule has 3 aromatic rings. The van der Waals surface area contributed by atoms with E-state index in [0.29, 0.717) is 6.04 Å². The van der Waals surface area contributed by atoms with Gasteiger partial charge in [0.2, 0.25) is 0 Å². The van der Waals surface area contributed by atoms with Crippen LogP contribution in [0.1, 0.15) is 37.0 Å². The summed E-state index contributed by atoms with van der Waals surface area (Å²) in [6, 6.07) is 14.2. The highest BCUT2D eigenvalue weighted by molar-refractivity contribution is 5.76. The van der Waals surface area contributed by atoms with Crippen molar-refractivity contribution in [1.82, 2.24) is 19.4 Å². The number of rotatable bonds is 9. The van der Waals surface area contributed by atoms with E-state index in [1.807, 2.05) is 30.3 Å². The fourth-order valence-electron chi connectivity index (χ4n) is 4.63. The van der Waals surface area contributed by atoms with Crippen LogP contribution in [0.25, 0.3) is 11.0 Å². The van der Waals surface area contributed by atoms with Gasteiger partial charge < -0.3 is 15.2 Å². The van der Waals surface area contributed by atoms with Gasteiger partial charge in [-0.1, -0.05) is 25.1 Å². The van der Waals surface area contributed by atoms with Gasteiger partial charge in [-0.25, -0.2) is 4.79 Å². The van der Waals surface area contributed by atoms with Gasteiger partial charge in [0.25, 0.3) is 0 Å². The Morgan fingerprint density at radius 2 is 1.88 bits per heavy atom. The quantitative estimate of drug-likeness (QED) is 0.537. The number of fused-ring (bicyclic) bond motifs is 1. The molecule has 2 N–H and O–H groups in total. The maximum absolute atomic E-state index is 12.1. The predicted octanol–water partition coefficient (Wildman–Crippen LogP) is 2.56. The van der Waals surface area contributed by atoms with Crippen molar-refractivity contribution in [2.75, 3.05) is 26.2 Å². The Hall–Kier alpha value is -2.61. The molecule has 2 heterocycles. The highest BCUT2D eigenvalue weighted by Crippen LogP contribution is 2.21. The van der Waals surface area contributed by atoms with Crippen LogP contribution in [0.15, 0.2) is 47.3 Å². The number of likely N-dealkylation sites (tertiary alicyclic amines) is 1. The van der Waals surface area contributed by atoms with E-state index in [9.17, 15) is 9.90 Å². The number of hydrogen-bond acceptors (Lipinski definition) is 5. The first kappa shape index (κ1) is 22.6. The highest BCUT2D eigenvalue weighted by Gasteiger charge is 2.22. The standard InChI is InChI=1S/C25H34N4O3/c1-4-29-13-5-6-20(29)16-26-15-18-7-10-21(11-8-18)32-17-24(30)19-9-12-22-23(14-19)28(3)25(31)27(22)2/h7-12,14,20,24,26,30H,4-6,13,15-17H2,1-3H3/t20-,24+/m1/s1. The Bertz CT molecular complexity index is 1100. The molecule has 1 aliphatic heterocycles. The first-order valence-electron chi connectivity index (χ1n) is 11.5. The minimum Gasteiger partial charge on any atom is -0.491 e. The monoisotopic (exact) mass is 438 g/mol. The van der Waals surface area contributed by atoms with Crippen molar-refractivity contribution in [2.24, 2.45) is 14.1 Å². The maximum atomic E-state index is 12.1. The molecule has 4 rings (SSSR count). The van der Waals surface area contributed by atoms with Gasteiger partial charge in [-0.3, -0.25) is 14.0 Å². The number of aliphatic hydroxyl groups is 1. The number of benzene rings is 2. The summed E-state index contributed by atoms with van der Waals surface area (Å²) in [6.45, 7) is 6.59. The van der Waals surface area contributed by atoms with Crippen LogP contribution < -0.4 is 15.7 Å². The Morgan fingerprint density at radius 3 is 2.62 bits per heavy atom. The van der Waals surface area contributed by atoms with E-state index in [1.54, 1.807) is 23.2 Å². The highest BCUT2D eigenvalue weighted by atomic mass is 16.5. The van der Waals surface area contributed by atoms with E-state index in [4.69, 9.17) is 4.74 Å². The Kier molecular flexibility index (Phi) is 6.98. The van der Waals surface area contributed by atoms with E-state index in [0.717, 1.165) is 42.0 Å². The van der Waals surface area contributed by atoms with Gasteiger partial charge in [-0.05, 0) is 61.3 Å². The lowest BCUT2D eigenvalue weighted by Crippen LogP contribution is -2.37. The zero-order valence-electron chi connectivity index (χ0n) is 19.3. The van der Waals surface area contributed by atoms with Crippen LogP contribution in [0.5, 0.6) is 5.75 Å². The Labute approximate surface area is 189 Å². The minimum absolute atomic E-state index is 0.0802. The van der Waals surface area contributed by atoms with Crippen molar-refractivity contribution in [3.05, 3.63) is 64.1 Å². The van der Waals surface area contributed by atoms with Gasteiger partial charge in [0, 0.05) is 33.2 Å². The van der Waals surface area contributed by atoms with Crippen LogP contribution >= 0.6 is 0 Å². The third-order valence-corrected chi connectivity index (χ3v) is 6.63. The zero-order chi connectivity index (χ0) is 22.7. The first-order chi connectivity index (χ1) is 15.5. The minimum atomic E-state index is -0.774.